The Kier molecular flexibility index (Phi) is 3.34. The zero-order chi connectivity index (χ0) is 12.4. The van der Waals surface area contributed by atoms with E-state index in [1.54, 1.807) is 0 Å². The number of hydrogen-bond acceptors (Lipinski definition) is 2. The first-order valence-corrected chi connectivity index (χ1v) is 7.08. The van der Waals surface area contributed by atoms with Gasteiger partial charge in [-0.3, -0.25) is 0 Å². The molecule has 94 valence electrons. The van der Waals surface area contributed by atoms with Gasteiger partial charge in [0.25, 0.3) is 0 Å². The van der Waals surface area contributed by atoms with E-state index >= 15 is 0 Å². The summed E-state index contributed by atoms with van der Waals surface area (Å²) in [5.41, 5.74) is 2.83. The van der Waals surface area contributed by atoms with Gasteiger partial charge in [0.1, 0.15) is 0 Å². The molecule has 0 bridgehead atoms. The summed E-state index contributed by atoms with van der Waals surface area (Å²) in [6.07, 6.45) is 6.14. The SMILES string of the molecule is N#CC1CCCC1NCc1ccc(C2CC2)cc1. The third-order valence-corrected chi connectivity index (χ3v) is 4.28. The fourth-order valence-corrected chi connectivity index (χ4v) is 2.93. The highest BCUT2D eigenvalue weighted by Gasteiger charge is 2.26. The van der Waals surface area contributed by atoms with Crippen LogP contribution in [0.25, 0.3) is 0 Å². The van der Waals surface area contributed by atoms with Crippen molar-refractivity contribution >= 4 is 0 Å². The maximum atomic E-state index is 9.05. The molecule has 1 aromatic rings. The molecule has 1 aromatic carbocycles. The van der Waals surface area contributed by atoms with Crippen LogP contribution in [0.2, 0.25) is 0 Å². The first kappa shape index (κ1) is 11.7. The van der Waals surface area contributed by atoms with Crippen LogP contribution in [0.15, 0.2) is 24.3 Å². The first-order chi connectivity index (χ1) is 8.86. The normalized spacial score (nSPS) is 27.1. The van der Waals surface area contributed by atoms with Crippen molar-refractivity contribution in [2.75, 3.05) is 0 Å². The zero-order valence-electron chi connectivity index (χ0n) is 10.7. The van der Waals surface area contributed by atoms with Crippen LogP contribution in [0.5, 0.6) is 0 Å². The molecule has 0 amide bonds. The van der Waals surface area contributed by atoms with Gasteiger partial charge in [0, 0.05) is 12.6 Å². The molecule has 2 aliphatic carbocycles. The van der Waals surface area contributed by atoms with E-state index in [1.807, 2.05) is 0 Å². The van der Waals surface area contributed by atoms with Crippen molar-refractivity contribution in [2.24, 2.45) is 5.92 Å². The molecule has 0 aromatic heterocycles. The Hall–Kier alpha value is -1.33. The highest BCUT2D eigenvalue weighted by molar-refractivity contribution is 5.28. The molecular formula is C16H20N2. The van der Waals surface area contributed by atoms with E-state index in [0.717, 1.165) is 25.3 Å². The minimum atomic E-state index is 0.218. The first-order valence-electron chi connectivity index (χ1n) is 7.08. The quantitative estimate of drug-likeness (QED) is 0.876. The summed E-state index contributed by atoms with van der Waals surface area (Å²) in [5.74, 6) is 1.06. The monoisotopic (exact) mass is 240 g/mol. The molecule has 2 unspecified atom stereocenters. The number of benzene rings is 1. The lowest BCUT2D eigenvalue weighted by Crippen LogP contribution is -2.31. The minimum Gasteiger partial charge on any atom is -0.309 e. The zero-order valence-corrected chi connectivity index (χ0v) is 10.7. The Morgan fingerprint density at radius 1 is 1.11 bits per heavy atom. The van der Waals surface area contributed by atoms with Crippen LogP contribution < -0.4 is 5.32 Å². The average molecular weight is 240 g/mol. The van der Waals surface area contributed by atoms with Crippen LogP contribution in [0.3, 0.4) is 0 Å². The summed E-state index contributed by atoms with van der Waals surface area (Å²) >= 11 is 0. The summed E-state index contributed by atoms with van der Waals surface area (Å²) in [5, 5.41) is 12.6. The number of nitrogens with zero attached hydrogens (tertiary/aromatic N) is 1. The van der Waals surface area contributed by atoms with E-state index in [0.29, 0.717) is 6.04 Å². The standard InChI is InChI=1S/C16H20N2/c17-10-15-2-1-3-16(15)18-11-12-4-6-13(7-5-12)14-8-9-14/h4-7,14-16,18H,1-3,8-9,11H2. The van der Waals surface area contributed by atoms with E-state index in [-0.39, 0.29) is 5.92 Å². The molecule has 3 rings (SSSR count). The topological polar surface area (TPSA) is 35.8 Å². The summed E-state index contributed by atoms with van der Waals surface area (Å²) in [4.78, 5) is 0. The molecule has 0 saturated heterocycles. The summed E-state index contributed by atoms with van der Waals surface area (Å²) < 4.78 is 0. The van der Waals surface area contributed by atoms with Gasteiger partial charge in [0.05, 0.1) is 12.0 Å². The van der Waals surface area contributed by atoms with E-state index in [9.17, 15) is 0 Å². The average Bonchev–Trinajstić information content (AvgIpc) is 3.16. The van der Waals surface area contributed by atoms with Crippen LogP contribution in [0.4, 0.5) is 0 Å². The van der Waals surface area contributed by atoms with Crippen molar-refractivity contribution in [3.63, 3.8) is 0 Å². The van der Waals surface area contributed by atoms with Gasteiger partial charge in [-0.25, -0.2) is 0 Å². The third kappa shape index (κ3) is 2.57. The Morgan fingerprint density at radius 3 is 2.56 bits per heavy atom. The van der Waals surface area contributed by atoms with Gasteiger partial charge in [-0.05, 0) is 42.7 Å². The number of nitriles is 1. The lowest BCUT2D eigenvalue weighted by atomic mass is 10.0. The highest BCUT2D eigenvalue weighted by atomic mass is 14.9. The molecule has 2 heteroatoms. The van der Waals surface area contributed by atoms with E-state index in [4.69, 9.17) is 5.26 Å². The van der Waals surface area contributed by atoms with Crippen molar-refractivity contribution < 1.29 is 0 Å². The molecule has 2 fully saturated rings. The van der Waals surface area contributed by atoms with Gasteiger partial charge >= 0.3 is 0 Å². The van der Waals surface area contributed by atoms with Gasteiger partial charge < -0.3 is 5.32 Å². The Labute approximate surface area is 109 Å². The number of nitrogens with one attached hydrogen (secondary N) is 1. The Balaban J connectivity index is 1.54. The van der Waals surface area contributed by atoms with Crippen molar-refractivity contribution in [3.8, 4) is 6.07 Å². The minimum absolute atomic E-state index is 0.218. The van der Waals surface area contributed by atoms with Gasteiger partial charge in [-0.1, -0.05) is 30.7 Å². The third-order valence-electron chi connectivity index (χ3n) is 4.28. The molecule has 2 aliphatic rings. The molecule has 0 radical (unpaired) electrons. The summed E-state index contributed by atoms with van der Waals surface area (Å²) in [7, 11) is 0. The Morgan fingerprint density at radius 2 is 1.89 bits per heavy atom. The molecule has 2 atom stereocenters. The lowest BCUT2D eigenvalue weighted by molar-refractivity contribution is 0.464. The van der Waals surface area contributed by atoms with Crippen LogP contribution in [0.1, 0.15) is 49.1 Å². The highest BCUT2D eigenvalue weighted by Crippen LogP contribution is 2.39. The largest absolute Gasteiger partial charge is 0.309 e. The van der Waals surface area contributed by atoms with Gasteiger partial charge in [0.15, 0.2) is 0 Å². The van der Waals surface area contributed by atoms with E-state index in [1.165, 1.54) is 30.4 Å². The van der Waals surface area contributed by atoms with Crippen molar-refractivity contribution in [1.82, 2.24) is 5.32 Å². The second-order valence-corrected chi connectivity index (χ2v) is 5.67. The molecule has 0 spiro atoms. The van der Waals surface area contributed by atoms with Gasteiger partial charge in [-0.15, -0.1) is 0 Å². The Bertz CT molecular complexity index is 439. The fourth-order valence-electron chi connectivity index (χ4n) is 2.93. The maximum absolute atomic E-state index is 9.05. The van der Waals surface area contributed by atoms with Crippen molar-refractivity contribution in [2.45, 2.75) is 50.6 Å². The molecule has 1 N–H and O–H groups in total. The van der Waals surface area contributed by atoms with Crippen LogP contribution >= 0.6 is 0 Å². The lowest BCUT2D eigenvalue weighted by Gasteiger charge is -2.15. The van der Waals surface area contributed by atoms with Crippen molar-refractivity contribution in [3.05, 3.63) is 35.4 Å². The molecule has 2 saturated carbocycles. The van der Waals surface area contributed by atoms with Crippen molar-refractivity contribution in [1.29, 1.82) is 5.26 Å². The van der Waals surface area contributed by atoms with Crippen LogP contribution in [0, 0.1) is 17.2 Å². The second-order valence-electron chi connectivity index (χ2n) is 5.67. The number of hydrogen-bond donors (Lipinski definition) is 1. The van der Waals surface area contributed by atoms with E-state index in [2.05, 4.69) is 35.7 Å². The number of rotatable bonds is 4. The van der Waals surface area contributed by atoms with E-state index < -0.39 is 0 Å². The van der Waals surface area contributed by atoms with Crippen LogP contribution in [-0.4, -0.2) is 6.04 Å². The molecule has 0 aliphatic heterocycles. The predicted octanol–water partition coefficient (Wildman–Crippen LogP) is 3.35. The molecule has 2 nitrogen and oxygen atoms in total. The second kappa shape index (κ2) is 5.12. The molecule has 18 heavy (non-hydrogen) atoms. The summed E-state index contributed by atoms with van der Waals surface area (Å²) in [6, 6.07) is 11.8. The maximum Gasteiger partial charge on any atom is 0.0672 e. The predicted molar refractivity (Wildman–Crippen MR) is 72.0 cm³/mol. The fraction of sp³-hybridized carbons (Fsp3) is 0.562. The van der Waals surface area contributed by atoms with Crippen LogP contribution in [-0.2, 0) is 6.54 Å². The molecule has 0 heterocycles. The smallest absolute Gasteiger partial charge is 0.0672 e. The van der Waals surface area contributed by atoms with Gasteiger partial charge in [-0.2, -0.15) is 5.26 Å². The molecular weight excluding hydrogens is 220 g/mol. The van der Waals surface area contributed by atoms with Gasteiger partial charge in [0.2, 0.25) is 0 Å². The summed E-state index contributed by atoms with van der Waals surface area (Å²) in [6.45, 7) is 0.897.